The Morgan fingerprint density at radius 2 is 2.22 bits per heavy atom. The average Bonchev–Trinajstić information content (AvgIpc) is 2.39. The maximum Gasteiger partial charge on any atom is 0.252 e. The molecule has 0 saturated carbocycles. The quantitative estimate of drug-likeness (QED) is 0.774. The van der Waals surface area contributed by atoms with Gasteiger partial charge in [-0.2, -0.15) is 11.8 Å². The Kier molecular flexibility index (Phi) is 5.07. The van der Waals surface area contributed by atoms with E-state index >= 15 is 0 Å². The van der Waals surface area contributed by atoms with Gasteiger partial charge in [0.1, 0.15) is 0 Å². The summed E-state index contributed by atoms with van der Waals surface area (Å²) >= 11 is 1.82. The molecule has 1 saturated heterocycles. The number of rotatable bonds is 5. The van der Waals surface area contributed by atoms with Crippen molar-refractivity contribution in [2.24, 2.45) is 0 Å². The van der Waals surface area contributed by atoms with Gasteiger partial charge in [-0.25, -0.2) is 4.98 Å². The lowest BCUT2D eigenvalue weighted by Gasteiger charge is -2.27. The van der Waals surface area contributed by atoms with Crippen LogP contribution in [-0.2, 0) is 5.75 Å². The largest absolute Gasteiger partial charge is 0.340 e. The van der Waals surface area contributed by atoms with Crippen molar-refractivity contribution in [2.45, 2.75) is 19.1 Å². The molecule has 1 aromatic rings. The number of nitrogens with zero attached hydrogens (tertiary/aromatic N) is 2. The first-order valence-corrected chi connectivity index (χ1v) is 7.58. The number of hydrogen-bond acceptors (Lipinski definition) is 5. The highest BCUT2D eigenvalue weighted by atomic mass is 32.2. The van der Waals surface area contributed by atoms with Crippen molar-refractivity contribution in [3.63, 3.8) is 0 Å². The van der Waals surface area contributed by atoms with Gasteiger partial charge >= 0.3 is 0 Å². The molecule has 0 amide bonds. The van der Waals surface area contributed by atoms with Crippen LogP contribution in [0.4, 0.5) is 5.95 Å². The third-order valence-corrected chi connectivity index (χ3v) is 3.99. The summed E-state index contributed by atoms with van der Waals surface area (Å²) in [6.45, 7) is 5.84. The van der Waals surface area contributed by atoms with Crippen molar-refractivity contribution >= 4 is 17.7 Å². The Labute approximate surface area is 111 Å². The summed E-state index contributed by atoms with van der Waals surface area (Å²) < 4.78 is 0. The van der Waals surface area contributed by atoms with Crippen LogP contribution in [0.3, 0.4) is 0 Å². The summed E-state index contributed by atoms with van der Waals surface area (Å²) in [7, 11) is 0. The van der Waals surface area contributed by atoms with Crippen LogP contribution >= 0.6 is 11.8 Å². The summed E-state index contributed by atoms with van der Waals surface area (Å²) in [5, 5.41) is 3.29. The minimum atomic E-state index is -0.0503. The van der Waals surface area contributed by atoms with Crippen molar-refractivity contribution in [1.29, 1.82) is 0 Å². The highest BCUT2D eigenvalue weighted by molar-refractivity contribution is 7.98. The van der Waals surface area contributed by atoms with E-state index in [0.717, 1.165) is 55.7 Å². The molecule has 0 radical (unpaired) electrons. The molecular formula is C12H20N4OS. The summed E-state index contributed by atoms with van der Waals surface area (Å²) in [6.07, 6.45) is 1.15. The summed E-state index contributed by atoms with van der Waals surface area (Å²) in [4.78, 5) is 21.2. The van der Waals surface area contributed by atoms with Crippen LogP contribution in [0.2, 0.25) is 0 Å². The second kappa shape index (κ2) is 6.80. The monoisotopic (exact) mass is 268 g/mol. The lowest BCUT2D eigenvalue weighted by molar-refractivity contribution is 0.578. The van der Waals surface area contributed by atoms with E-state index in [1.165, 1.54) is 0 Å². The maximum atomic E-state index is 11.6. The van der Waals surface area contributed by atoms with Crippen LogP contribution < -0.4 is 15.8 Å². The number of hydrogen-bond donors (Lipinski definition) is 2. The zero-order valence-corrected chi connectivity index (χ0v) is 11.6. The fraction of sp³-hybridized carbons (Fsp3) is 0.667. The fourth-order valence-corrected chi connectivity index (χ4v) is 2.71. The molecule has 0 spiro atoms. The molecule has 100 valence electrons. The number of piperazine rings is 1. The molecule has 2 N–H and O–H groups in total. The molecular weight excluding hydrogens is 248 g/mol. The summed E-state index contributed by atoms with van der Waals surface area (Å²) in [6, 6.07) is 1.61. The topological polar surface area (TPSA) is 61.0 Å². The maximum absolute atomic E-state index is 11.6. The molecule has 0 bridgehead atoms. The van der Waals surface area contributed by atoms with E-state index < -0.39 is 0 Å². The predicted molar refractivity (Wildman–Crippen MR) is 76.4 cm³/mol. The van der Waals surface area contributed by atoms with Crippen LogP contribution in [0.15, 0.2) is 10.9 Å². The van der Waals surface area contributed by atoms with E-state index in [1.807, 2.05) is 11.8 Å². The number of thioether (sulfide) groups is 1. The van der Waals surface area contributed by atoms with Crippen molar-refractivity contribution < 1.29 is 0 Å². The van der Waals surface area contributed by atoms with Gasteiger partial charge in [0.05, 0.1) is 5.69 Å². The third kappa shape index (κ3) is 3.74. The number of H-pyrrole nitrogens is 1. The standard InChI is InChI=1S/C12H20N4OS/c1-2-7-18-9-10-8-11(17)15-12(14-10)16-5-3-13-4-6-16/h8,13H,2-7,9H2,1H3,(H,14,15,17). The van der Waals surface area contributed by atoms with Gasteiger partial charge in [-0.05, 0) is 12.2 Å². The molecule has 0 unspecified atom stereocenters. The highest BCUT2D eigenvalue weighted by Crippen LogP contribution is 2.12. The first-order chi connectivity index (χ1) is 8.79. The lowest BCUT2D eigenvalue weighted by atomic mass is 10.4. The van der Waals surface area contributed by atoms with E-state index in [9.17, 15) is 4.79 Å². The summed E-state index contributed by atoms with van der Waals surface area (Å²) in [5.41, 5.74) is 0.830. The normalized spacial score (nSPS) is 15.9. The molecule has 5 nitrogen and oxygen atoms in total. The molecule has 0 aromatic carbocycles. The molecule has 1 aromatic heterocycles. The molecule has 0 atom stereocenters. The zero-order valence-electron chi connectivity index (χ0n) is 10.7. The molecule has 1 aliphatic heterocycles. The van der Waals surface area contributed by atoms with Crippen LogP contribution in [0, 0.1) is 0 Å². The third-order valence-electron chi connectivity index (χ3n) is 2.80. The Balaban J connectivity index is 2.07. The van der Waals surface area contributed by atoms with Gasteiger partial charge in [0.2, 0.25) is 5.95 Å². The van der Waals surface area contributed by atoms with E-state index in [2.05, 4.69) is 27.1 Å². The Bertz CT molecular complexity index is 428. The van der Waals surface area contributed by atoms with Gasteiger partial charge in [-0.1, -0.05) is 6.92 Å². The van der Waals surface area contributed by atoms with E-state index in [0.29, 0.717) is 0 Å². The van der Waals surface area contributed by atoms with Gasteiger partial charge in [0, 0.05) is 38.0 Å². The number of aromatic nitrogens is 2. The van der Waals surface area contributed by atoms with E-state index in [-0.39, 0.29) is 5.56 Å². The summed E-state index contributed by atoms with van der Waals surface area (Å²) in [5.74, 6) is 2.64. The van der Waals surface area contributed by atoms with Crippen LogP contribution in [0.5, 0.6) is 0 Å². The minimum absolute atomic E-state index is 0.0503. The second-order valence-electron chi connectivity index (χ2n) is 4.35. The molecule has 1 fully saturated rings. The van der Waals surface area contributed by atoms with Crippen molar-refractivity contribution in [3.8, 4) is 0 Å². The number of aromatic amines is 1. The molecule has 6 heteroatoms. The number of anilines is 1. The van der Waals surface area contributed by atoms with Gasteiger partial charge in [-0.15, -0.1) is 0 Å². The predicted octanol–water partition coefficient (Wildman–Crippen LogP) is 0.823. The number of nitrogens with one attached hydrogen (secondary N) is 2. The molecule has 18 heavy (non-hydrogen) atoms. The van der Waals surface area contributed by atoms with E-state index in [1.54, 1.807) is 6.07 Å². The lowest BCUT2D eigenvalue weighted by Crippen LogP contribution is -2.44. The fourth-order valence-electron chi connectivity index (χ4n) is 1.92. The first kappa shape index (κ1) is 13.4. The van der Waals surface area contributed by atoms with Gasteiger partial charge in [0.15, 0.2) is 0 Å². The molecule has 0 aliphatic carbocycles. The van der Waals surface area contributed by atoms with Crippen LogP contribution in [-0.4, -0.2) is 41.9 Å². The smallest absolute Gasteiger partial charge is 0.252 e. The highest BCUT2D eigenvalue weighted by Gasteiger charge is 2.13. The van der Waals surface area contributed by atoms with Gasteiger partial charge < -0.3 is 10.2 Å². The first-order valence-electron chi connectivity index (χ1n) is 6.43. The minimum Gasteiger partial charge on any atom is -0.340 e. The van der Waals surface area contributed by atoms with Crippen molar-refractivity contribution in [2.75, 3.05) is 36.8 Å². The van der Waals surface area contributed by atoms with Gasteiger partial charge in [0.25, 0.3) is 5.56 Å². The Morgan fingerprint density at radius 3 is 2.94 bits per heavy atom. The Morgan fingerprint density at radius 1 is 1.44 bits per heavy atom. The van der Waals surface area contributed by atoms with Crippen LogP contribution in [0.25, 0.3) is 0 Å². The SMILES string of the molecule is CCCSCc1cc(=O)[nH]c(N2CCNCC2)n1. The Hall–Kier alpha value is -1.01. The van der Waals surface area contributed by atoms with E-state index in [4.69, 9.17) is 0 Å². The van der Waals surface area contributed by atoms with Gasteiger partial charge in [-0.3, -0.25) is 9.78 Å². The van der Waals surface area contributed by atoms with Crippen molar-refractivity contribution in [3.05, 3.63) is 22.1 Å². The second-order valence-corrected chi connectivity index (χ2v) is 5.46. The average molecular weight is 268 g/mol. The molecule has 2 heterocycles. The zero-order chi connectivity index (χ0) is 12.8. The molecule has 2 rings (SSSR count). The molecule has 1 aliphatic rings. The van der Waals surface area contributed by atoms with Crippen molar-refractivity contribution in [1.82, 2.24) is 15.3 Å². The van der Waals surface area contributed by atoms with Crippen LogP contribution in [0.1, 0.15) is 19.0 Å².